The molecule has 0 unspecified atom stereocenters. The highest BCUT2D eigenvalue weighted by atomic mass is 35.5. The number of carbonyl (C=O) groups is 1. The molecule has 0 spiro atoms. The van der Waals surface area contributed by atoms with Crippen LogP contribution in [0.1, 0.15) is 11.1 Å². The molecule has 10 heteroatoms. The zero-order valence-corrected chi connectivity index (χ0v) is 16.9. The van der Waals surface area contributed by atoms with Crippen LogP contribution in [-0.2, 0) is 11.4 Å². The topological polar surface area (TPSA) is 72.3 Å². The summed E-state index contributed by atoms with van der Waals surface area (Å²) in [6.07, 6.45) is 1.46. The minimum atomic E-state index is -0.470. The monoisotopic (exact) mass is 441 g/mol. The highest BCUT2D eigenvalue weighted by Crippen LogP contribution is 2.37. The molecular weight excluding hydrogens is 428 g/mol. The van der Waals surface area contributed by atoms with Gasteiger partial charge in [-0.2, -0.15) is 5.10 Å². The van der Waals surface area contributed by atoms with Gasteiger partial charge in [0.25, 0.3) is 0 Å². The Kier molecular flexibility index (Phi) is 6.77. The van der Waals surface area contributed by atoms with Gasteiger partial charge in [-0.25, -0.2) is 4.39 Å². The summed E-state index contributed by atoms with van der Waals surface area (Å²) in [4.78, 5) is 11.1. The van der Waals surface area contributed by atoms with Crippen molar-refractivity contribution < 1.29 is 18.7 Å². The van der Waals surface area contributed by atoms with Crippen molar-refractivity contribution in [2.24, 2.45) is 10.2 Å². The molecule has 1 N–H and O–H groups in total. The fourth-order valence-corrected chi connectivity index (χ4v) is 3.42. The van der Waals surface area contributed by atoms with Crippen LogP contribution in [0.15, 0.2) is 40.5 Å². The predicted octanol–water partition coefficient (Wildman–Crippen LogP) is 4.27. The van der Waals surface area contributed by atoms with Gasteiger partial charge < -0.3 is 14.8 Å². The molecule has 0 aromatic heterocycles. The molecule has 2 aromatic rings. The van der Waals surface area contributed by atoms with Crippen LogP contribution in [0.4, 0.5) is 4.39 Å². The molecule has 0 radical (unpaired) electrons. The van der Waals surface area contributed by atoms with Crippen LogP contribution in [0, 0.1) is 5.82 Å². The van der Waals surface area contributed by atoms with E-state index in [1.54, 1.807) is 18.2 Å². The van der Waals surface area contributed by atoms with E-state index in [0.29, 0.717) is 22.2 Å². The lowest BCUT2D eigenvalue weighted by molar-refractivity contribution is -0.116. The second-order valence-electron chi connectivity index (χ2n) is 5.51. The van der Waals surface area contributed by atoms with Gasteiger partial charge >= 0.3 is 0 Å². The molecule has 1 saturated heterocycles. The highest BCUT2D eigenvalue weighted by Gasteiger charge is 2.16. The third-order valence-electron chi connectivity index (χ3n) is 3.62. The Balaban J connectivity index is 1.77. The van der Waals surface area contributed by atoms with Crippen molar-refractivity contribution in [2.45, 2.75) is 6.61 Å². The summed E-state index contributed by atoms with van der Waals surface area (Å²) in [5.74, 6) is 0.345. The highest BCUT2D eigenvalue weighted by molar-refractivity contribution is 8.15. The first-order chi connectivity index (χ1) is 13.5. The maximum Gasteiger partial charge on any atom is 0.236 e. The molecule has 1 aliphatic rings. The van der Waals surface area contributed by atoms with Crippen molar-refractivity contribution in [1.82, 2.24) is 5.32 Å². The summed E-state index contributed by atoms with van der Waals surface area (Å²) < 4.78 is 24.9. The number of thioether (sulfide) groups is 1. The lowest BCUT2D eigenvalue weighted by atomic mass is 10.2. The molecule has 28 heavy (non-hydrogen) atoms. The van der Waals surface area contributed by atoms with Crippen molar-refractivity contribution in [3.05, 3.63) is 57.3 Å². The third-order valence-corrected chi connectivity index (χ3v) is 5.11. The minimum absolute atomic E-state index is 0.111. The van der Waals surface area contributed by atoms with Crippen LogP contribution in [0.5, 0.6) is 11.5 Å². The quantitative estimate of drug-likeness (QED) is 0.536. The molecule has 0 bridgehead atoms. The van der Waals surface area contributed by atoms with Crippen molar-refractivity contribution in [2.75, 3.05) is 12.9 Å². The van der Waals surface area contributed by atoms with E-state index in [1.807, 2.05) is 0 Å². The second-order valence-corrected chi connectivity index (χ2v) is 7.29. The largest absolute Gasteiger partial charge is 0.493 e. The molecule has 1 aliphatic heterocycles. The van der Waals surface area contributed by atoms with E-state index in [0.717, 1.165) is 0 Å². The van der Waals surface area contributed by atoms with Crippen molar-refractivity contribution >= 4 is 52.3 Å². The summed E-state index contributed by atoms with van der Waals surface area (Å²) in [6, 6.07) is 7.65. The zero-order valence-electron chi connectivity index (χ0n) is 14.5. The van der Waals surface area contributed by atoms with E-state index in [2.05, 4.69) is 15.5 Å². The molecule has 2 aromatic carbocycles. The first-order valence-electron chi connectivity index (χ1n) is 7.95. The predicted molar refractivity (Wildman–Crippen MR) is 109 cm³/mol. The summed E-state index contributed by atoms with van der Waals surface area (Å²) >= 11 is 13.6. The summed E-state index contributed by atoms with van der Waals surface area (Å²) in [5.41, 5.74) is 0.830. The first-order valence-corrected chi connectivity index (χ1v) is 9.69. The number of amidine groups is 1. The average Bonchev–Trinajstić information content (AvgIpc) is 3.07. The van der Waals surface area contributed by atoms with Gasteiger partial charge in [0.15, 0.2) is 16.7 Å². The van der Waals surface area contributed by atoms with Gasteiger partial charge in [-0.05, 0) is 24.3 Å². The Hall–Kier alpha value is -2.29. The van der Waals surface area contributed by atoms with Crippen molar-refractivity contribution in [1.29, 1.82) is 0 Å². The van der Waals surface area contributed by atoms with E-state index in [4.69, 9.17) is 32.7 Å². The van der Waals surface area contributed by atoms with Gasteiger partial charge in [0.1, 0.15) is 12.4 Å². The van der Waals surface area contributed by atoms with Crippen LogP contribution in [0.2, 0.25) is 10.0 Å². The number of hydrogen-bond donors (Lipinski definition) is 1. The van der Waals surface area contributed by atoms with Gasteiger partial charge in [-0.3, -0.25) is 4.79 Å². The molecule has 0 aliphatic carbocycles. The maximum atomic E-state index is 13.9. The molecule has 6 nitrogen and oxygen atoms in total. The van der Waals surface area contributed by atoms with Gasteiger partial charge in [-0.1, -0.05) is 41.0 Å². The van der Waals surface area contributed by atoms with Crippen LogP contribution in [0.3, 0.4) is 0 Å². The molecule has 1 heterocycles. The Morgan fingerprint density at radius 2 is 2.14 bits per heavy atom. The molecule has 0 saturated carbocycles. The Bertz CT molecular complexity index is 949. The molecule has 1 amide bonds. The summed E-state index contributed by atoms with van der Waals surface area (Å²) in [7, 11) is 1.46. The number of halogens is 3. The van der Waals surface area contributed by atoms with Crippen LogP contribution < -0.4 is 14.8 Å². The first kappa shape index (κ1) is 20.4. The fraction of sp³-hybridized carbons (Fsp3) is 0.167. The number of carbonyl (C=O) groups excluding carboxylic acids is 1. The number of ether oxygens (including phenoxy) is 2. The Morgan fingerprint density at radius 3 is 2.82 bits per heavy atom. The van der Waals surface area contributed by atoms with E-state index in [-0.39, 0.29) is 33.9 Å². The SMILES string of the molecule is COc1cc(/C=N/N=C2/NC(=O)CS2)cc(Cl)c1OCc1c(F)cccc1Cl. The van der Waals surface area contributed by atoms with Crippen LogP contribution in [-0.4, -0.2) is 30.2 Å². The van der Waals surface area contributed by atoms with E-state index in [9.17, 15) is 9.18 Å². The van der Waals surface area contributed by atoms with Gasteiger partial charge in [0.2, 0.25) is 5.91 Å². The normalized spacial score (nSPS) is 15.3. The lowest BCUT2D eigenvalue weighted by Crippen LogP contribution is -2.19. The van der Waals surface area contributed by atoms with Crippen molar-refractivity contribution in [3.63, 3.8) is 0 Å². The van der Waals surface area contributed by atoms with Crippen molar-refractivity contribution in [3.8, 4) is 11.5 Å². The zero-order chi connectivity index (χ0) is 20.1. The smallest absolute Gasteiger partial charge is 0.236 e. The second kappa shape index (κ2) is 9.27. The number of hydrogen-bond acceptors (Lipinski definition) is 6. The molecule has 146 valence electrons. The Labute approximate surface area is 174 Å². The summed E-state index contributed by atoms with van der Waals surface area (Å²) in [6.45, 7) is -0.112. The molecule has 3 rings (SSSR count). The number of rotatable bonds is 6. The molecule has 0 atom stereocenters. The fourth-order valence-electron chi connectivity index (χ4n) is 2.30. The Morgan fingerprint density at radius 1 is 1.32 bits per heavy atom. The van der Waals surface area contributed by atoms with E-state index in [1.165, 1.54) is 37.2 Å². The number of nitrogens with one attached hydrogen (secondary N) is 1. The minimum Gasteiger partial charge on any atom is -0.493 e. The summed E-state index contributed by atoms with van der Waals surface area (Å²) in [5, 5.41) is 11.4. The van der Waals surface area contributed by atoms with Gasteiger partial charge in [0, 0.05) is 11.1 Å². The average molecular weight is 442 g/mol. The van der Waals surface area contributed by atoms with Gasteiger partial charge in [0.05, 0.1) is 29.1 Å². The third kappa shape index (κ3) is 4.95. The number of methoxy groups -OCH3 is 1. The number of amides is 1. The van der Waals surface area contributed by atoms with E-state index >= 15 is 0 Å². The van der Waals surface area contributed by atoms with Gasteiger partial charge in [-0.15, -0.1) is 5.10 Å². The molecular formula is C18H14Cl2FN3O3S. The standard InChI is InChI=1S/C18H14Cl2FN3O3S/c1-26-15-6-10(7-22-24-18-23-16(25)9-28-18)5-13(20)17(15)27-8-11-12(19)3-2-4-14(11)21/h2-7H,8-9H2,1H3,(H,23,24,25)/b22-7+. The number of benzene rings is 2. The molecule has 1 fully saturated rings. The number of nitrogens with zero attached hydrogens (tertiary/aromatic N) is 2. The lowest BCUT2D eigenvalue weighted by Gasteiger charge is -2.14. The van der Waals surface area contributed by atoms with Crippen LogP contribution in [0.25, 0.3) is 0 Å². The van der Waals surface area contributed by atoms with E-state index < -0.39 is 5.82 Å². The maximum absolute atomic E-state index is 13.9. The van der Waals surface area contributed by atoms with Crippen LogP contribution >= 0.6 is 35.0 Å².